The third kappa shape index (κ3) is 4.44. The van der Waals surface area contributed by atoms with Crippen LogP contribution >= 0.6 is 0 Å². The van der Waals surface area contributed by atoms with Gasteiger partial charge in [0, 0.05) is 17.7 Å². The standard InChI is InChI=1S/C19H20N2O5/c1-13-17(20-18(22)10-14-6-3-2-4-7-14)12-25-19(26-13)15-8-5-9-16(11-15)21(23)24/h2-9,11,13,17,19H,10,12H2,1H3,(H,20,22)/t13-,17+,19+/m0/s1. The molecule has 1 amide bonds. The molecule has 3 rings (SSSR count). The Balaban J connectivity index is 1.57. The molecule has 0 radical (unpaired) electrons. The van der Waals surface area contributed by atoms with Crippen molar-refractivity contribution < 1.29 is 19.2 Å². The second kappa shape index (κ2) is 8.07. The monoisotopic (exact) mass is 356 g/mol. The van der Waals surface area contributed by atoms with Crippen molar-refractivity contribution in [1.82, 2.24) is 5.32 Å². The minimum atomic E-state index is -0.688. The topological polar surface area (TPSA) is 90.7 Å². The summed E-state index contributed by atoms with van der Waals surface area (Å²) in [6.07, 6.45) is -0.682. The summed E-state index contributed by atoms with van der Waals surface area (Å²) in [4.78, 5) is 22.6. The average molecular weight is 356 g/mol. The number of ether oxygens (including phenoxy) is 2. The lowest BCUT2D eigenvalue weighted by Crippen LogP contribution is -2.50. The quantitative estimate of drug-likeness (QED) is 0.657. The smallest absolute Gasteiger partial charge is 0.269 e. The molecule has 1 N–H and O–H groups in total. The van der Waals surface area contributed by atoms with E-state index in [0.717, 1.165) is 5.56 Å². The minimum absolute atomic E-state index is 0.0133. The summed E-state index contributed by atoms with van der Waals surface area (Å²) in [6.45, 7) is 2.12. The second-order valence-corrected chi connectivity index (χ2v) is 6.19. The van der Waals surface area contributed by atoms with Gasteiger partial charge in [0.05, 0.1) is 30.1 Å². The molecule has 1 fully saturated rings. The molecule has 1 aliphatic rings. The number of hydrogen-bond donors (Lipinski definition) is 1. The molecular formula is C19H20N2O5. The highest BCUT2D eigenvalue weighted by molar-refractivity contribution is 5.78. The first-order valence-corrected chi connectivity index (χ1v) is 8.37. The van der Waals surface area contributed by atoms with Crippen molar-refractivity contribution in [3.05, 3.63) is 75.8 Å². The molecular weight excluding hydrogens is 336 g/mol. The molecule has 1 saturated heterocycles. The van der Waals surface area contributed by atoms with Crippen LogP contribution in [-0.4, -0.2) is 29.6 Å². The zero-order chi connectivity index (χ0) is 18.5. The van der Waals surface area contributed by atoms with E-state index in [1.165, 1.54) is 12.1 Å². The van der Waals surface area contributed by atoms with Gasteiger partial charge in [0.1, 0.15) is 0 Å². The molecule has 26 heavy (non-hydrogen) atoms. The number of carbonyl (C=O) groups excluding carboxylic acids is 1. The van der Waals surface area contributed by atoms with Gasteiger partial charge in [-0.25, -0.2) is 0 Å². The lowest BCUT2D eigenvalue weighted by Gasteiger charge is -2.35. The lowest BCUT2D eigenvalue weighted by molar-refractivity contribution is -0.385. The zero-order valence-electron chi connectivity index (χ0n) is 14.3. The predicted octanol–water partition coefficient (Wildman–Crippen LogP) is 2.76. The van der Waals surface area contributed by atoms with E-state index in [1.807, 2.05) is 37.3 Å². The summed E-state index contributed by atoms with van der Waals surface area (Å²) in [5, 5.41) is 13.8. The van der Waals surface area contributed by atoms with Gasteiger partial charge in [0.15, 0.2) is 6.29 Å². The Bertz CT molecular complexity index is 781. The van der Waals surface area contributed by atoms with E-state index >= 15 is 0 Å². The fourth-order valence-electron chi connectivity index (χ4n) is 2.81. The minimum Gasteiger partial charge on any atom is -0.348 e. The number of nitrogens with one attached hydrogen (secondary N) is 1. The fraction of sp³-hybridized carbons (Fsp3) is 0.316. The van der Waals surface area contributed by atoms with E-state index in [0.29, 0.717) is 12.0 Å². The van der Waals surface area contributed by atoms with Crippen molar-refractivity contribution in [1.29, 1.82) is 0 Å². The van der Waals surface area contributed by atoms with Crippen molar-refractivity contribution in [2.45, 2.75) is 31.8 Å². The predicted molar refractivity (Wildman–Crippen MR) is 94.4 cm³/mol. The van der Waals surface area contributed by atoms with Gasteiger partial charge in [0.2, 0.25) is 5.91 Å². The van der Waals surface area contributed by atoms with Gasteiger partial charge in [-0.3, -0.25) is 14.9 Å². The third-order valence-corrected chi connectivity index (χ3v) is 4.24. The maximum absolute atomic E-state index is 12.2. The van der Waals surface area contributed by atoms with Crippen LogP contribution in [-0.2, 0) is 20.7 Å². The van der Waals surface area contributed by atoms with Crippen molar-refractivity contribution in [2.75, 3.05) is 6.61 Å². The average Bonchev–Trinajstić information content (AvgIpc) is 2.64. The van der Waals surface area contributed by atoms with Crippen molar-refractivity contribution >= 4 is 11.6 Å². The van der Waals surface area contributed by atoms with E-state index in [1.54, 1.807) is 12.1 Å². The van der Waals surface area contributed by atoms with Gasteiger partial charge in [0.25, 0.3) is 5.69 Å². The van der Waals surface area contributed by atoms with Gasteiger partial charge in [-0.05, 0) is 12.5 Å². The van der Waals surface area contributed by atoms with Gasteiger partial charge in [-0.2, -0.15) is 0 Å². The lowest BCUT2D eigenvalue weighted by atomic mass is 10.1. The Hall–Kier alpha value is -2.77. The summed E-state index contributed by atoms with van der Waals surface area (Å²) in [6, 6.07) is 15.4. The van der Waals surface area contributed by atoms with Crippen LogP contribution in [0.15, 0.2) is 54.6 Å². The highest BCUT2D eigenvalue weighted by atomic mass is 16.7. The number of non-ortho nitro benzene ring substituents is 1. The van der Waals surface area contributed by atoms with E-state index in [2.05, 4.69) is 5.32 Å². The molecule has 2 aromatic carbocycles. The van der Waals surface area contributed by atoms with Crippen LogP contribution in [0.1, 0.15) is 24.3 Å². The zero-order valence-corrected chi connectivity index (χ0v) is 14.3. The molecule has 0 spiro atoms. The van der Waals surface area contributed by atoms with Crippen LogP contribution in [0.2, 0.25) is 0 Å². The van der Waals surface area contributed by atoms with Crippen LogP contribution in [0.3, 0.4) is 0 Å². The number of amides is 1. The molecule has 0 aliphatic carbocycles. The first kappa shape index (κ1) is 18.0. The Kier molecular flexibility index (Phi) is 5.60. The molecule has 0 unspecified atom stereocenters. The van der Waals surface area contributed by atoms with Crippen molar-refractivity contribution in [2.24, 2.45) is 0 Å². The first-order chi connectivity index (χ1) is 12.5. The SMILES string of the molecule is C[C@@H]1O[C@H](c2cccc([N+](=O)[O-])c2)OC[C@H]1NC(=O)Cc1ccccc1. The van der Waals surface area contributed by atoms with E-state index < -0.39 is 11.2 Å². The van der Waals surface area contributed by atoms with Crippen LogP contribution in [0.25, 0.3) is 0 Å². The van der Waals surface area contributed by atoms with Crippen molar-refractivity contribution in [3.63, 3.8) is 0 Å². The van der Waals surface area contributed by atoms with Gasteiger partial charge < -0.3 is 14.8 Å². The first-order valence-electron chi connectivity index (χ1n) is 8.37. The number of nitrogens with zero attached hydrogens (tertiary/aromatic N) is 1. The second-order valence-electron chi connectivity index (χ2n) is 6.19. The van der Waals surface area contributed by atoms with E-state index in [4.69, 9.17) is 9.47 Å². The third-order valence-electron chi connectivity index (χ3n) is 4.24. The highest BCUT2D eigenvalue weighted by Gasteiger charge is 2.31. The number of nitro groups is 1. The molecule has 7 nitrogen and oxygen atoms in total. The Labute approximate surface area is 151 Å². The maximum atomic E-state index is 12.2. The van der Waals surface area contributed by atoms with E-state index in [-0.39, 0.29) is 30.3 Å². The number of hydrogen-bond acceptors (Lipinski definition) is 5. The molecule has 7 heteroatoms. The molecule has 0 aromatic heterocycles. The fourth-order valence-corrected chi connectivity index (χ4v) is 2.81. The normalized spacial score (nSPS) is 22.6. The van der Waals surface area contributed by atoms with Gasteiger partial charge in [-0.1, -0.05) is 42.5 Å². The highest BCUT2D eigenvalue weighted by Crippen LogP contribution is 2.28. The molecule has 136 valence electrons. The molecule has 2 aromatic rings. The number of carbonyl (C=O) groups is 1. The molecule has 0 saturated carbocycles. The number of benzene rings is 2. The Morgan fingerprint density at radius 1 is 1.23 bits per heavy atom. The van der Waals surface area contributed by atoms with Crippen LogP contribution in [0.4, 0.5) is 5.69 Å². The van der Waals surface area contributed by atoms with Gasteiger partial charge in [-0.15, -0.1) is 0 Å². The van der Waals surface area contributed by atoms with Crippen LogP contribution in [0.5, 0.6) is 0 Å². The molecule has 0 bridgehead atoms. The summed E-state index contributed by atoms with van der Waals surface area (Å²) >= 11 is 0. The molecule has 3 atom stereocenters. The van der Waals surface area contributed by atoms with Crippen molar-refractivity contribution in [3.8, 4) is 0 Å². The Morgan fingerprint density at radius 3 is 2.69 bits per heavy atom. The number of rotatable bonds is 5. The van der Waals surface area contributed by atoms with E-state index in [9.17, 15) is 14.9 Å². The Morgan fingerprint density at radius 2 is 2.00 bits per heavy atom. The maximum Gasteiger partial charge on any atom is 0.269 e. The molecule has 1 heterocycles. The summed E-state index contributed by atoms with van der Waals surface area (Å²) < 4.78 is 11.5. The van der Waals surface area contributed by atoms with Crippen LogP contribution in [0, 0.1) is 10.1 Å². The molecule has 1 aliphatic heterocycles. The van der Waals surface area contributed by atoms with Gasteiger partial charge >= 0.3 is 0 Å². The van der Waals surface area contributed by atoms with Crippen LogP contribution < -0.4 is 5.32 Å². The summed E-state index contributed by atoms with van der Waals surface area (Å²) in [5.41, 5.74) is 1.51. The largest absolute Gasteiger partial charge is 0.348 e. The summed E-state index contributed by atoms with van der Waals surface area (Å²) in [5.74, 6) is -0.103. The number of nitro benzene ring substituents is 1. The summed E-state index contributed by atoms with van der Waals surface area (Å²) in [7, 11) is 0.